The number of carbonyl (C=O) groups excluding carboxylic acids is 4. The Morgan fingerprint density at radius 3 is 2.38 bits per heavy atom. The number of piperidine rings is 2. The summed E-state index contributed by atoms with van der Waals surface area (Å²) in [7, 11) is 4.07. The Morgan fingerprint density at radius 2 is 1.69 bits per heavy atom. The number of nitrogens with two attached hydrogens (primary N) is 1. The monoisotopic (exact) mass is 623 g/mol. The summed E-state index contributed by atoms with van der Waals surface area (Å²) in [5.41, 5.74) is 5.28. The maximum atomic E-state index is 14.3. The van der Waals surface area contributed by atoms with E-state index in [9.17, 15) is 19.2 Å². The number of nitrogens with zero attached hydrogens (tertiary/aromatic N) is 4. The predicted octanol–water partition coefficient (Wildman–Crippen LogP) is 1.40. The van der Waals surface area contributed by atoms with E-state index in [2.05, 4.69) is 32.4 Å². The van der Waals surface area contributed by atoms with Gasteiger partial charge in [-0.25, -0.2) is 9.59 Å². The van der Waals surface area contributed by atoms with Gasteiger partial charge in [0.25, 0.3) is 0 Å². The second-order valence-electron chi connectivity index (χ2n) is 12.9. The van der Waals surface area contributed by atoms with Crippen molar-refractivity contribution in [2.45, 2.75) is 69.1 Å². The summed E-state index contributed by atoms with van der Waals surface area (Å²) in [6.07, 6.45) is 4.65. The summed E-state index contributed by atoms with van der Waals surface area (Å²) < 4.78 is 7.60. The predicted molar refractivity (Wildman–Crippen MR) is 172 cm³/mol. The number of rotatable bonds is 11. The van der Waals surface area contributed by atoms with Crippen LogP contribution in [0, 0.1) is 0 Å². The average molecular weight is 624 g/mol. The number of Topliss-reactive ketones (excluding diaryl/α,β-unsaturated/α-hetero) is 2. The van der Waals surface area contributed by atoms with Gasteiger partial charge in [-0.2, -0.15) is 0 Å². The van der Waals surface area contributed by atoms with E-state index in [4.69, 9.17) is 10.5 Å². The second kappa shape index (κ2) is 14.0. The molecule has 3 aliphatic rings. The molecule has 4 N–H and O–H groups in total. The molecule has 0 spiro atoms. The number of likely N-dealkylation sites (tertiary alicyclic amines) is 1. The Bertz CT molecular complexity index is 1390. The molecule has 3 aliphatic heterocycles. The van der Waals surface area contributed by atoms with Crippen molar-refractivity contribution in [1.82, 2.24) is 29.9 Å². The van der Waals surface area contributed by atoms with E-state index in [1.165, 1.54) is 0 Å². The summed E-state index contributed by atoms with van der Waals surface area (Å²) in [5, 5.41) is 7.20. The molecule has 0 aliphatic carbocycles. The summed E-state index contributed by atoms with van der Waals surface area (Å²) in [4.78, 5) is 60.0. The number of aryl methyl sites for hydroxylation is 1. The lowest BCUT2D eigenvalue weighted by atomic mass is 9.74. The Kier molecular flexibility index (Phi) is 10.3. The number of carbonyl (C=O) groups is 4. The fourth-order valence-corrected chi connectivity index (χ4v) is 7.70. The number of para-hydroxylation sites is 1. The number of ketones is 2. The first-order valence-corrected chi connectivity index (χ1v) is 16.3. The molecular weight excluding hydrogens is 574 g/mol. The van der Waals surface area contributed by atoms with Crippen LogP contribution < -0.4 is 16.4 Å². The number of aromatic nitrogens is 1. The second-order valence-corrected chi connectivity index (χ2v) is 12.9. The Hall–Kier alpha value is -3.32. The van der Waals surface area contributed by atoms with E-state index in [-0.39, 0.29) is 49.9 Å². The van der Waals surface area contributed by atoms with E-state index >= 15 is 0 Å². The van der Waals surface area contributed by atoms with Gasteiger partial charge in [-0.15, -0.1) is 0 Å². The average Bonchev–Trinajstić information content (AvgIpc) is 3.34. The first-order valence-electron chi connectivity index (χ1n) is 16.3. The summed E-state index contributed by atoms with van der Waals surface area (Å²) in [6, 6.07) is 7.44. The van der Waals surface area contributed by atoms with Gasteiger partial charge in [-0.05, 0) is 51.4 Å². The van der Waals surface area contributed by atoms with Gasteiger partial charge in [0.15, 0.2) is 11.3 Å². The number of likely N-dealkylation sites (N-methyl/N-ethyl adjacent to an activating group) is 1. The molecule has 4 heterocycles. The molecule has 12 heteroatoms. The minimum Gasteiger partial charge on any atom is -0.464 e. The highest BCUT2D eigenvalue weighted by Crippen LogP contribution is 2.40. The molecule has 5 rings (SSSR count). The van der Waals surface area contributed by atoms with Crippen LogP contribution in [0.2, 0.25) is 0 Å². The van der Waals surface area contributed by atoms with Crippen molar-refractivity contribution in [2.24, 2.45) is 12.8 Å². The van der Waals surface area contributed by atoms with Gasteiger partial charge in [0, 0.05) is 95.1 Å². The number of benzene rings is 1. The lowest BCUT2D eigenvalue weighted by Crippen LogP contribution is -2.76. The van der Waals surface area contributed by atoms with Crippen LogP contribution in [0.15, 0.2) is 30.5 Å². The molecule has 12 nitrogen and oxygen atoms in total. The van der Waals surface area contributed by atoms with E-state index in [1.807, 2.05) is 42.1 Å². The zero-order valence-electron chi connectivity index (χ0n) is 27.0. The van der Waals surface area contributed by atoms with Crippen LogP contribution in [0.3, 0.4) is 0 Å². The molecule has 2 unspecified atom stereocenters. The van der Waals surface area contributed by atoms with E-state index in [1.54, 1.807) is 6.92 Å². The number of hydrogen-bond acceptors (Lipinski definition) is 9. The van der Waals surface area contributed by atoms with Crippen LogP contribution in [0.25, 0.3) is 10.9 Å². The van der Waals surface area contributed by atoms with Gasteiger partial charge in [-0.3, -0.25) is 24.7 Å². The number of hydrogen-bond donors (Lipinski definition) is 3. The third-order valence-corrected chi connectivity index (χ3v) is 10.1. The van der Waals surface area contributed by atoms with Crippen LogP contribution in [0.1, 0.15) is 51.0 Å². The minimum atomic E-state index is -1.56. The van der Waals surface area contributed by atoms with Crippen molar-refractivity contribution in [3.05, 3.63) is 36.0 Å². The number of esters is 1. The van der Waals surface area contributed by atoms with Crippen molar-refractivity contribution in [1.29, 1.82) is 0 Å². The zero-order chi connectivity index (χ0) is 32.2. The van der Waals surface area contributed by atoms with E-state index < -0.39 is 23.2 Å². The van der Waals surface area contributed by atoms with Gasteiger partial charge in [0.1, 0.15) is 5.78 Å². The number of amides is 2. The molecular formula is C33H49N7O5. The third-order valence-electron chi connectivity index (χ3n) is 10.1. The number of primary amides is 1. The molecule has 1 aromatic heterocycles. The third kappa shape index (κ3) is 6.94. The van der Waals surface area contributed by atoms with Crippen LogP contribution in [-0.4, -0.2) is 120 Å². The van der Waals surface area contributed by atoms with E-state index in [0.29, 0.717) is 19.6 Å². The molecule has 1 aromatic carbocycles. The van der Waals surface area contributed by atoms with Crippen LogP contribution >= 0.6 is 0 Å². The fourth-order valence-electron chi connectivity index (χ4n) is 7.70. The number of fused-ring (bicyclic) bond motifs is 1. The molecule has 2 amide bonds. The van der Waals surface area contributed by atoms with Gasteiger partial charge >= 0.3 is 12.0 Å². The largest absolute Gasteiger partial charge is 0.464 e. The first-order chi connectivity index (χ1) is 21.6. The van der Waals surface area contributed by atoms with Crippen LogP contribution in [0.4, 0.5) is 4.79 Å². The summed E-state index contributed by atoms with van der Waals surface area (Å²) in [5.74, 6) is -0.903. The normalized spacial score (nSPS) is 25.7. The highest BCUT2D eigenvalue weighted by atomic mass is 16.5. The maximum absolute atomic E-state index is 14.3. The number of piperazine rings is 1. The topological polar surface area (TPSA) is 142 Å². The smallest absolute Gasteiger partial charge is 0.334 e. The quantitative estimate of drug-likeness (QED) is 0.250. The molecule has 2 atom stereocenters. The van der Waals surface area contributed by atoms with Gasteiger partial charge < -0.3 is 25.3 Å². The Labute approximate surface area is 265 Å². The van der Waals surface area contributed by atoms with Crippen LogP contribution in [-0.2, 0) is 32.6 Å². The SMILES string of the molecule is CCOC(=O)C1(C(=O)CCC(=O)Cc2cn(C)c3ccccc23)CC(N2CCC(NC(N)=O)CC2)(N2CCN(C)CC2)CCN1. The minimum absolute atomic E-state index is 0.00537. The first kappa shape index (κ1) is 33.1. The van der Waals surface area contributed by atoms with Crippen molar-refractivity contribution < 1.29 is 23.9 Å². The highest BCUT2D eigenvalue weighted by molar-refractivity contribution is 6.09. The van der Waals surface area contributed by atoms with Gasteiger partial charge in [0.2, 0.25) is 0 Å². The highest BCUT2D eigenvalue weighted by Gasteiger charge is 2.58. The molecule has 3 fully saturated rings. The Balaban J connectivity index is 1.37. The van der Waals surface area contributed by atoms with Crippen molar-refractivity contribution in [3.63, 3.8) is 0 Å². The van der Waals surface area contributed by atoms with Crippen molar-refractivity contribution in [2.75, 3.05) is 59.5 Å². The van der Waals surface area contributed by atoms with Crippen molar-refractivity contribution in [3.8, 4) is 0 Å². The lowest BCUT2D eigenvalue weighted by molar-refractivity contribution is -0.170. The number of nitrogens with one attached hydrogen (secondary N) is 2. The standard InChI is InChI=1S/C33H49N7O5/c1-4-45-30(43)33(29(42)10-9-26(41)21-24-22-38(3)28-8-6-5-7-27(24)28)23-32(13-14-35-33,40-19-17-37(2)18-20-40)39-15-11-25(12-16-39)36-31(34)44/h5-8,22,25,35H,4,9-21,23H2,1-3H3,(H3,34,36,44). The maximum Gasteiger partial charge on any atom is 0.334 e. The summed E-state index contributed by atoms with van der Waals surface area (Å²) >= 11 is 0. The molecule has 3 saturated heterocycles. The molecule has 45 heavy (non-hydrogen) atoms. The molecule has 0 bridgehead atoms. The van der Waals surface area contributed by atoms with Crippen molar-refractivity contribution >= 4 is 34.5 Å². The molecule has 0 radical (unpaired) electrons. The molecule has 0 saturated carbocycles. The number of urea groups is 1. The van der Waals surface area contributed by atoms with Gasteiger partial charge in [0.05, 0.1) is 12.3 Å². The number of ether oxygens (including phenoxy) is 1. The fraction of sp³-hybridized carbons (Fsp3) is 0.636. The van der Waals surface area contributed by atoms with Gasteiger partial charge in [-0.1, -0.05) is 18.2 Å². The van der Waals surface area contributed by atoms with Crippen LogP contribution in [0.5, 0.6) is 0 Å². The Morgan fingerprint density at radius 1 is 1.00 bits per heavy atom. The summed E-state index contributed by atoms with van der Waals surface area (Å²) in [6.45, 7) is 7.16. The lowest BCUT2D eigenvalue weighted by Gasteiger charge is -2.59. The zero-order valence-corrected chi connectivity index (χ0v) is 27.0. The molecule has 2 aromatic rings. The molecule has 246 valence electrons. The van der Waals surface area contributed by atoms with E-state index in [0.717, 1.165) is 61.9 Å².